The fourth-order valence-electron chi connectivity index (χ4n) is 2.56. The van der Waals surface area contributed by atoms with Crippen molar-refractivity contribution in [1.82, 2.24) is 4.90 Å². The van der Waals surface area contributed by atoms with E-state index < -0.39 is 0 Å². The third-order valence-corrected chi connectivity index (χ3v) is 3.72. The molecule has 0 aromatic heterocycles. The molecule has 1 aliphatic heterocycles. The van der Waals surface area contributed by atoms with Crippen molar-refractivity contribution in [3.8, 4) is 0 Å². The van der Waals surface area contributed by atoms with Crippen LogP contribution in [0.1, 0.15) is 25.7 Å². The molecule has 1 saturated heterocycles. The lowest BCUT2D eigenvalue weighted by Crippen LogP contribution is -2.46. The van der Waals surface area contributed by atoms with Gasteiger partial charge in [-0.05, 0) is 25.1 Å². The van der Waals surface area contributed by atoms with E-state index in [4.69, 9.17) is 0 Å². The van der Waals surface area contributed by atoms with Gasteiger partial charge in [0.2, 0.25) is 0 Å². The molecule has 1 fully saturated rings. The molecule has 0 aliphatic carbocycles. The second kappa shape index (κ2) is 7.42. The van der Waals surface area contributed by atoms with Gasteiger partial charge in [-0.3, -0.25) is 4.90 Å². The largest absolute Gasteiger partial charge is 0.369 e. The fraction of sp³-hybridized carbons (Fsp3) is 0.562. The lowest BCUT2D eigenvalue weighted by Gasteiger charge is -2.36. The summed E-state index contributed by atoms with van der Waals surface area (Å²) < 4.78 is 0. The number of unbranched alkanes of at least 4 members (excludes halogenated alkanes) is 3. The van der Waals surface area contributed by atoms with Crippen LogP contribution < -0.4 is 4.90 Å². The molecule has 1 aromatic rings. The van der Waals surface area contributed by atoms with Gasteiger partial charge in [0.05, 0.1) is 0 Å². The minimum absolute atomic E-state index is 1.09. The highest BCUT2D eigenvalue weighted by Gasteiger charge is 2.16. The molecule has 1 radical (unpaired) electrons. The van der Waals surface area contributed by atoms with Gasteiger partial charge in [-0.1, -0.05) is 44.4 Å². The van der Waals surface area contributed by atoms with Gasteiger partial charge in [-0.2, -0.15) is 0 Å². The van der Waals surface area contributed by atoms with E-state index in [2.05, 4.69) is 47.1 Å². The first-order valence-corrected chi connectivity index (χ1v) is 7.22. The zero-order valence-electron chi connectivity index (χ0n) is 11.4. The summed E-state index contributed by atoms with van der Waals surface area (Å²) in [5.41, 5.74) is 1.37. The zero-order valence-corrected chi connectivity index (χ0v) is 11.4. The maximum absolute atomic E-state index is 3.89. The van der Waals surface area contributed by atoms with Crippen molar-refractivity contribution in [3.05, 3.63) is 37.3 Å². The predicted molar refractivity (Wildman–Crippen MR) is 78.9 cm³/mol. The van der Waals surface area contributed by atoms with Gasteiger partial charge in [0.15, 0.2) is 0 Å². The average molecular weight is 245 g/mol. The Labute approximate surface area is 112 Å². The molecule has 0 N–H and O–H groups in total. The third-order valence-electron chi connectivity index (χ3n) is 3.72. The van der Waals surface area contributed by atoms with E-state index in [-0.39, 0.29) is 0 Å². The fourth-order valence-corrected chi connectivity index (χ4v) is 2.56. The molecule has 2 heteroatoms. The smallest absolute Gasteiger partial charge is 0.0367 e. The maximum Gasteiger partial charge on any atom is 0.0367 e. The van der Waals surface area contributed by atoms with E-state index in [1.165, 1.54) is 57.7 Å². The molecule has 2 nitrogen and oxygen atoms in total. The second-order valence-corrected chi connectivity index (χ2v) is 5.08. The molecule has 0 bridgehead atoms. The molecular formula is C16H25N2. The number of anilines is 1. The first-order valence-electron chi connectivity index (χ1n) is 7.22. The zero-order chi connectivity index (χ0) is 12.6. The Hall–Kier alpha value is -1.02. The molecular weight excluding hydrogens is 220 g/mol. The third kappa shape index (κ3) is 4.02. The van der Waals surface area contributed by atoms with Crippen molar-refractivity contribution >= 4 is 5.69 Å². The van der Waals surface area contributed by atoms with Crippen molar-refractivity contribution < 1.29 is 0 Å². The molecule has 0 amide bonds. The van der Waals surface area contributed by atoms with E-state index in [1.54, 1.807) is 0 Å². The normalized spacial score (nSPS) is 17.1. The highest BCUT2D eigenvalue weighted by atomic mass is 15.3. The van der Waals surface area contributed by atoms with Gasteiger partial charge in [0, 0.05) is 31.9 Å². The van der Waals surface area contributed by atoms with E-state index in [1.807, 2.05) is 0 Å². The lowest BCUT2D eigenvalue weighted by molar-refractivity contribution is 0.252. The van der Waals surface area contributed by atoms with Gasteiger partial charge >= 0.3 is 0 Å². The molecule has 0 atom stereocenters. The highest BCUT2D eigenvalue weighted by molar-refractivity contribution is 5.46. The SMILES string of the molecule is [CH2]CCCCCN1CCN(c2ccccc2)CC1. The average Bonchev–Trinajstić information content (AvgIpc) is 2.45. The van der Waals surface area contributed by atoms with Crippen LogP contribution in [0.3, 0.4) is 0 Å². The minimum Gasteiger partial charge on any atom is -0.369 e. The molecule has 1 aromatic carbocycles. The quantitative estimate of drug-likeness (QED) is 0.710. The van der Waals surface area contributed by atoms with Gasteiger partial charge in [0.1, 0.15) is 0 Å². The van der Waals surface area contributed by atoms with Crippen LogP contribution >= 0.6 is 0 Å². The number of piperazine rings is 1. The Morgan fingerprint density at radius 2 is 1.61 bits per heavy atom. The van der Waals surface area contributed by atoms with Crippen molar-refractivity contribution in [2.24, 2.45) is 0 Å². The van der Waals surface area contributed by atoms with E-state index in [0.717, 1.165) is 6.42 Å². The number of para-hydroxylation sites is 1. The summed E-state index contributed by atoms with van der Waals surface area (Å²) in [6, 6.07) is 10.8. The van der Waals surface area contributed by atoms with Crippen molar-refractivity contribution in [1.29, 1.82) is 0 Å². The Bertz CT molecular complexity index is 315. The second-order valence-electron chi connectivity index (χ2n) is 5.08. The summed E-state index contributed by atoms with van der Waals surface area (Å²) in [4.78, 5) is 5.09. The van der Waals surface area contributed by atoms with Crippen LogP contribution in [-0.2, 0) is 0 Å². The summed E-state index contributed by atoms with van der Waals surface area (Å²) in [7, 11) is 0. The van der Waals surface area contributed by atoms with E-state index in [0.29, 0.717) is 0 Å². The number of benzene rings is 1. The molecule has 1 heterocycles. The van der Waals surface area contributed by atoms with Crippen LogP contribution in [0.5, 0.6) is 0 Å². The van der Waals surface area contributed by atoms with Gasteiger partial charge in [0.25, 0.3) is 0 Å². The van der Waals surface area contributed by atoms with Crippen LogP contribution in [0.4, 0.5) is 5.69 Å². The summed E-state index contributed by atoms with van der Waals surface area (Å²) >= 11 is 0. The number of nitrogens with zero attached hydrogens (tertiary/aromatic N) is 2. The standard InChI is InChI=1S/C16H25N2/c1-2-3-4-8-11-17-12-14-18(15-13-17)16-9-6-5-7-10-16/h5-7,9-10H,1-4,8,11-15H2. The predicted octanol–water partition coefficient (Wildman–Crippen LogP) is 3.20. The molecule has 18 heavy (non-hydrogen) atoms. The van der Waals surface area contributed by atoms with Crippen molar-refractivity contribution in [2.75, 3.05) is 37.6 Å². The van der Waals surface area contributed by atoms with Crippen LogP contribution in [0.2, 0.25) is 0 Å². The molecule has 99 valence electrons. The topological polar surface area (TPSA) is 6.48 Å². The number of hydrogen-bond acceptors (Lipinski definition) is 2. The molecule has 2 rings (SSSR count). The van der Waals surface area contributed by atoms with E-state index >= 15 is 0 Å². The summed E-state index contributed by atoms with van der Waals surface area (Å²) in [6.07, 6.45) is 5.04. The molecule has 0 saturated carbocycles. The first kappa shape index (κ1) is 13.4. The summed E-state index contributed by atoms with van der Waals surface area (Å²) in [5, 5.41) is 0. The van der Waals surface area contributed by atoms with Crippen LogP contribution in [0, 0.1) is 6.92 Å². The minimum atomic E-state index is 1.09. The Morgan fingerprint density at radius 3 is 2.28 bits per heavy atom. The lowest BCUT2D eigenvalue weighted by atomic mass is 10.2. The van der Waals surface area contributed by atoms with Crippen molar-refractivity contribution in [2.45, 2.75) is 25.7 Å². The van der Waals surface area contributed by atoms with Crippen LogP contribution in [0.15, 0.2) is 30.3 Å². The van der Waals surface area contributed by atoms with Gasteiger partial charge < -0.3 is 4.90 Å². The summed E-state index contributed by atoms with van der Waals surface area (Å²) in [6.45, 7) is 9.91. The summed E-state index contributed by atoms with van der Waals surface area (Å²) in [5.74, 6) is 0. The Kier molecular flexibility index (Phi) is 5.53. The molecule has 1 aliphatic rings. The number of rotatable bonds is 6. The van der Waals surface area contributed by atoms with E-state index in [9.17, 15) is 0 Å². The molecule has 0 unspecified atom stereocenters. The van der Waals surface area contributed by atoms with Crippen molar-refractivity contribution in [3.63, 3.8) is 0 Å². The monoisotopic (exact) mass is 245 g/mol. The van der Waals surface area contributed by atoms with Crippen LogP contribution in [0.25, 0.3) is 0 Å². The first-order chi connectivity index (χ1) is 8.90. The number of hydrogen-bond donors (Lipinski definition) is 0. The Balaban J connectivity index is 1.68. The maximum atomic E-state index is 3.89. The Morgan fingerprint density at radius 1 is 0.889 bits per heavy atom. The van der Waals surface area contributed by atoms with Gasteiger partial charge in [-0.15, -0.1) is 0 Å². The molecule has 0 spiro atoms. The van der Waals surface area contributed by atoms with Gasteiger partial charge in [-0.25, -0.2) is 0 Å². The highest BCUT2D eigenvalue weighted by Crippen LogP contribution is 2.15. The van der Waals surface area contributed by atoms with Crippen LogP contribution in [-0.4, -0.2) is 37.6 Å².